The SMILES string of the molecule is Cc1ccc(Nc2nnc(SCC(=O)Nc3cccc4ccccc34)s2)cc1C. The summed E-state index contributed by atoms with van der Waals surface area (Å²) in [6.07, 6.45) is 0. The maximum Gasteiger partial charge on any atom is 0.234 e. The Morgan fingerprint density at radius 3 is 2.69 bits per heavy atom. The van der Waals surface area contributed by atoms with Crippen LogP contribution in [0.5, 0.6) is 0 Å². The third-order valence-corrected chi connectivity index (χ3v) is 6.53. The van der Waals surface area contributed by atoms with Crippen LogP contribution in [0.3, 0.4) is 0 Å². The molecule has 0 saturated carbocycles. The largest absolute Gasteiger partial charge is 0.330 e. The predicted molar refractivity (Wildman–Crippen MR) is 122 cm³/mol. The van der Waals surface area contributed by atoms with Crippen molar-refractivity contribution in [2.45, 2.75) is 18.2 Å². The monoisotopic (exact) mass is 420 g/mol. The topological polar surface area (TPSA) is 66.9 Å². The van der Waals surface area contributed by atoms with Gasteiger partial charge in [-0.1, -0.05) is 65.6 Å². The number of amides is 1. The van der Waals surface area contributed by atoms with Crippen LogP contribution < -0.4 is 10.6 Å². The molecule has 7 heteroatoms. The zero-order valence-corrected chi connectivity index (χ0v) is 17.7. The molecule has 0 aliphatic heterocycles. The van der Waals surface area contributed by atoms with Gasteiger partial charge in [-0.05, 0) is 48.6 Å². The van der Waals surface area contributed by atoms with Crippen LogP contribution in [0.25, 0.3) is 10.8 Å². The minimum Gasteiger partial charge on any atom is -0.330 e. The van der Waals surface area contributed by atoms with Gasteiger partial charge in [0, 0.05) is 16.8 Å². The molecule has 0 aliphatic carbocycles. The fourth-order valence-electron chi connectivity index (χ4n) is 2.91. The lowest BCUT2D eigenvalue weighted by atomic mass is 10.1. The number of carbonyl (C=O) groups is 1. The van der Waals surface area contributed by atoms with Crippen LogP contribution in [0.2, 0.25) is 0 Å². The number of aromatic nitrogens is 2. The first-order valence-corrected chi connectivity index (χ1v) is 11.0. The number of nitrogens with zero attached hydrogens (tertiary/aromatic N) is 2. The molecule has 2 N–H and O–H groups in total. The summed E-state index contributed by atoms with van der Waals surface area (Å²) in [6, 6.07) is 20.1. The number of thioether (sulfide) groups is 1. The molecule has 0 unspecified atom stereocenters. The highest BCUT2D eigenvalue weighted by atomic mass is 32.2. The lowest BCUT2D eigenvalue weighted by Crippen LogP contribution is -2.14. The number of nitrogens with one attached hydrogen (secondary N) is 2. The van der Waals surface area contributed by atoms with E-state index in [9.17, 15) is 4.79 Å². The molecule has 1 aromatic heterocycles. The molecular formula is C22H20N4OS2. The molecule has 4 rings (SSSR count). The van der Waals surface area contributed by atoms with Gasteiger partial charge in [0.05, 0.1) is 5.75 Å². The van der Waals surface area contributed by atoms with E-state index in [2.05, 4.69) is 46.8 Å². The average molecular weight is 421 g/mol. The van der Waals surface area contributed by atoms with Crippen LogP contribution in [-0.4, -0.2) is 21.9 Å². The molecule has 0 aliphatic rings. The molecule has 0 atom stereocenters. The Balaban J connectivity index is 1.35. The van der Waals surface area contributed by atoms with E-state index < -0.39 is 0 Å². The number of carbonyl (C=O) groups excluding carboxylic acids is 1. The molecule has 5 nitrogen and oxygen atoms in total. The number of benzene rings is 3. The van der Waals surface area contributed by atoms with Gasteiger partial charge in [-0.2, -0.15) is 0 Å². The second kappa shape index (κ2) is 8.63. The molecule has 146 valence electrons. The van der Waals surface area contributed by atoms with E-state index in [-0.39, 0.29) is 11.7 Å². The van der Waals surface area contributed by atoms with Crippen LogP contribution in [0, 0.1) is 13.8 Å². The fourth-order valence-corrected chi connectivity index (χ4v) is 4.48. The van der Waals surface area contributed by atoms with Crippen LogP contribution in [0.4, 0.5) is 16.5 Å². The second-order valence-electron chi connectivity index (χ2n) is 6.66. The van der Waals surface area contributed by atoms with Crippen molar-refractivity contribution in [3.63, 3.8) is 0 Å². The first-order chi connectivity index (χ1) is 14.1. The normalized spacial score (nSPS) is 10.8. The third kappa shape index (κ3) is 4.75. The Bertz CT molecular complexity index is 1170. The smallest absolute Gasteiger partial charge is 0.234 e. The van der Waals surface area contributed by atoms with E-state index >= 15 is 0 Å². The predicted octanol–water partition coefficient (Wildman–Crippen LogP) is 5.78. The first-order valence-electron chi connectivity index (χ1n) is 9.17. The molecule has 0 spiro atoms. The van der Waals surface area contributed by atoms with Crippen molar-refractivity contribution in [1.29, 1.82) is 0 Å². The highest BCUT2D eigenvalue weighted by Gasteiger charge is 2.10. The summed E-state index contributed by atoms with van der Waals surface area (Å²) in [7, 11) is 0. The summed E-state index contributed by atoms with van der Waals surface area (Å²) in [5.74, 6) is 0.215. The van der Waals surface area contributed by atoms with Crippen molar-refractivity contribution in [2.24, 2.45) is 0 Å². The van der Waals surface area contributed by atoms with Gasteiger partial charge in [0.2, 0.25) is 11.0 Å². The Labute approximate surface area is 177 Å². The minimum atomic E-state index is -0.0646. The summed E-state index contributed by atoms with van der Waals surface area (Å²) in [5.41, 5.74) is 4.28. The van der Waals surface area contributed by atoms with E-state index in [0.717, 1.165) is 26.5 Å². The van der Waals surface area contributed by atoms with Gasteiger partial charge in [0.15, 0.2) is 4.34 Å². The second-order valence-corrected chi connectivity index (χ2v) is 8.86. The molecule has 3 aromatic carbocycles. The van der Waals surface area contributed by atoms with Crippen LogP contribution in [-0.2, 0) is 4.79 Å². The van der Waals surface area contributed by atoms with E-state index in [0.29, 0.717) is 5.13 Å². The van der Waals surface area contributed by atoms with Crippen molar-refractivity contribution in [3.8, 4) is 0 Å². The minimum absolute atomic E-state index is 0.0646. The number of fused-ring (bicyclic) bond motifs is 1. The zero-order chi connectivity index (χ0) is 20.2. The van der Waals surface area contributed by atoms with Gasteiger partial charge >= 0.3 is 0 Å². The summed E-state index contributed by atoms with van der Waals surface area (Å²) >= 11 is 2.82. The zero-order valence-electron chi connectivity index (χ0n) is 16.1. The lowest BCUT2D eigenvalue weighted by Gasteiger charge is -2.08. The Morgan fingerprint density at radius 1 is 1.00 bits per heavy atom. The number of hydrogen-bond donors (Lipinski definition) is 2. The van der Waals surface area contributed by atoms with Gasteiger partial charge < -0.3 is 10.6 Å². The van der Waals surface area contributed by atoms with Crippen molar-refractivity contribution in [3.05, 3.63) is 71.8 Å². The quantitative estimate of drug-likeness (QED) is 0.387. The van der Waals surface area contributed by atoms with Crippen LogP contribution in [0.1, 0.15) is 11.1 Å². The molecule has 1 amide bonds. The molecule has 29 heavy (non-hydrogen) atoms. The number of hydrogen-bond acceptors (Lipinski definition) is 6. The van der Waals surface area contributed by atoms with Gasteiger partial charge in [0.1, 0.15) is 0 Å². The molecule has 4 aromatic rings. The van der Waals surface area contributed by atoms with Crippen molar-refractivity contribution < 1.29 is 4.79 Å². The van der Waals surface area contributed by atoms with E-state index in [1.165, 1.54) is 34.2 Å². The molecule has 0 bridgehead atoms. The molecule has 0 saturated heterocycles. The van der Waals surface area contributed by atoms with E-state index in [4.69, 9.17) is 0 Å². The Morgan fingerprint density at radius 2 is 1.83 bits per heavy atom. The summed E-state index contributed by atoms with van der Waals surface area (Å²) in [4.78, 5) is 12.4. The standard InChI is InChI=1S/C22H20N4OS2/c1-14-10-11-17(12-15(14)2)23-21-25-26-22(29-21)28-13-20(27)24-19-9-5-7-16-6-3-4-8-18(16)19/h3-12H,13H2,1-2H3,(H,23,25)(H,24,27). The maximum atomic E-state index is 12.4. The van der Waals surface area contributed by atoms with E-state index in [1.54, 1.807) is 0 Å². The maximum absolute atomic E-state index is 12.4. The number of aryl methyl sites for hydroxylation is 2. The van der Waals surface area contributed by atoms with Crippen LogP contribution in [0.15, 0.2) is 65.0 Å². The van der Waals surface area contributed by atoms with Crippen LogP contribution >= 0.6 is 23.1 Å². The summed E-state index contributed by atoms with van der Waals surface area (Å²) in [6.45, 7) is 4.17. The highest BCUT2D eigenvalue weighted by molar-refractivity contribution is 8.01. The Hall–Kier alpha value is -2.90. The summed E-state index contributed by atoms with van der Waals surface area (Å²) in [5, 5.41) is 17.5. The van der Waals surface area contributed by atoms with E-state index in [1.807, 2.05) is 48.5 Å². The van der Waals surface area contributed by atoms with Gasteiger partial charge in [0.25, 0.3) is 0 Å². The van der Waals surface area contributed by atoms with Gasteiger partial charge in [-0.3, -0.25) is 4.79 Å². The van der Waals surface area contributed by atoms with Gasteiger partial charge in [-0.25, -0.2) is 0 Å². The van der Waals surface area contributed by atoms with Crippen molar-refractivity contribution >= 4 is 56.3 Å². The lowest BCUT2D eigenvalue weighted by molar-refractivity contribution is -0.113. The summed E-state index contributed by atoms with van der Waals surface area (Å²) < 4.78 is 0.754. The average Bonchev–Trinajstić information content (AvgIpc) is 3.17. The van der Waals surface area contributed by atoms with Crippen molar-refractivity contribution in [1.82, 2.24) is 10.2 Å². The van der Waals surface area contributed by atoms with Crippen molar-refractivity contribution in [2.75, 3.05) is 16.4 Å². The van der Waals surface area contributed by atoms with Gasteiger partial charge in [-0.15, -0.1) is 10.2 Å². The molecule has 0 fully saturated rings. The number of rotatable bonds is 6. The third-order valence-electron chi connectivity index (χ3n) is 4.56. The molecule has 0 radical (unpaired) electrons. The fraction of sp³-hybridized carbons (Fsp3) is 0.136. The highest BCUT2D eigenvalue weighted by Crippen LogP contribution is 2.29. The Kier molecular flexibility index (Phi) is 5.78. The molecule has 1 heterocycles. The number of anilines is 3. The first kappa shape index (κ1) is 19.4. The molecular weight excluding hydrogens is 400 g/mol.